The average molecular weight is 384 g/mol. The molecule has 0 saturated heterocycles. The molecule has 7 heteroatoms. The lowest BCUT2D eigenvalue weighted by Gasteiger charge is -2.08. The first-order valence-electron chi connectivity index (χ1n) is 9.63. The van der Waals surface area contributed by atoms with Crippen LogP contribution in [0.1, 0.15) is 18.5 Å². The topological polar surface area (TPSA) is 95.6 Å². The van der Waals surface area contributed by atoms with E-state index in [1.807, 2.05) is 36.5 Å². The zero-order chi connectivity index (χ0) is 19.6. The number of fused-ring (bicyclic) bond motifs is 1. The van der Waals surface area contributed by atoms with E-state index >= 15 is 0 Å². The van der Waals surface area contributed by atoms with Crippen molar-refractivity contribution in [2.24, 2.45) is 5.92 Å². The Balaban J connectivity index is 1.40. The van der Waals surface area contributed by atoms with Crippen molar-refractivity contribution in [1.82, 2.24) is 20.2 Å². The van der Waals surface area contributed by atoms with E-state index in [1.165, 1.54) is 0 Å². The van der Waals surface area contributed by atoms with Gasteiger partial charge in [-0.05, 0) is 48.7 Å². The predicted molar refractivity (Wildman–Crippen MR) is 112 cm³/mol. The Labute approximate surface area is 167 Å². The molecule has 3 N–H and O–H groups in total. The van der Waals surface area contributed by atoms with Gasteiger partial charge in [0.15, 0.2) is 0 Å². The average Bonchev–Trinajstić information content (AvgIpc) is 3.54. The van der Waals surface area contributed by atoms with Crippen LogP contribution in [0.2, 0.25) is 0 Å². The zero-order valence-corrected chi connectivity index (χ0v) is 15.7. The number of pyridine rings is 2. The smallest absolute Gasteiger partial charge is 0.227 e. The molecule has 1 aliphatic carbocycles. The van der Waals surface area contributed by atoms with E-state index < -0.39 is 0 Å². The van der Waals surface area contributed by atoms with Crippen LogP contribution in [0.15, 0.2) is 61.2 Å². The number of benzene rings is 1. The van der Waals surface area contributed by atoms with Crippen LogP contribution in [-0.2, 0) is 11.3 Å². The fourth-order valence-corrected chi connectivity index (χ4v) is 3.29. The van der Waals surface area contributed by atoms with E-state index in [0.717, 1.165) is 51.9 Å². The third kappa shape index (κ3) is 3.80. The summed E-state index contributed by atoms with van der Waals surface area (Å²) in [6.45, 7) is 0.625. The summed E-state index contributed by atoms with van der Waals surface area (Å²) in [5, 5.41) is 14.9. The molecule has 1 fully saturated rings. The first-order valence-corrected chi connectivity index (χ1v) is 9.63. The number of nitrogens with zero attached hydrogens (tertiary/aromatic N) is 3. The van der Waals surface area contributed by atoms with Gasteiger partial charge in [0.2, 0.25) is 5.91 Å². The van der Waals surface area contributed by atoms with E-state index in [9.17, 15) is 4.79 Å². The summed E-state index contributed by atoms with van der Waals surface area (Å²) in [4.78, 5) is 20.4. The van der Waals surface area contributed by atoms with Crippen molar-refractivity contribution >= 4 is 28.2 Å². The van der Waals surface area contributed by atoms with Gasteiger partial charge in [-0.25, -0.2) is 0 Å². The molecule has 0 atom stereocenters. The maximum absolute atomic E-state index is 12.0. The molecule has 1 aromatic carbocycles. The number of amides is 1. The lowest BCUT2D eigenvalue weighted by atomic mass is 10.0. The van der Waals surface area contributed by atoms with E-state index in [0.29, 0.717) is 6.54 Å². The molecule has 3 heterocycles. The van der Waals surface area contributed by atoms with Crippen molar-refractivity contribution in [3.8, 4) is 11.1 Å². The quantitative estimate of drug-likeness (QED) is 0.467. The maximum atomic E-state index is 12.0. The summed E-state index contributed by atoms with van der Waals surface area (Å²) in [6.07, 6.45) is 8.97. The van der Waals surface area contributed by atoms with Crippen LogP contribution in [0.4, 0.5) is 11.4 Å². The molecule has 1 saturated carbocycles. The molecule has 29 heavy (non-hydrogen) atoms. The van der Waals surface area contributed by atoms with Gasteiger partial charge >= 0.3 is 0 Å². The number of carbonyl (C=O) groups excluding carboxylic acids is 1. The lowest BCUT2D eigenvalue weighted by Crippen LogP contribution is -2.13. The molecule has 0 radical (unpaired) electrons. The molecule has 144 valence electrons. The van der Waals surface area contributed by atoms with Crippen LogP contribution in [0.5, 0.6) is 0 Å². The summed E-state index contributed by atoms with van der Waals surface area (Å²) in [7, 11) is 0. The minimum Gasteiger partial charge on any atom is -0.379 e. The van der Waals surface area contributed by atoms with Crippen LogP contribution >= 0.6 is 0 Å². The van der Waals surface area contributed by atoms with Crippen molar-refractivity contribution in [2.45, 2.75) is 19.4 Å². The molecule has 5 rings (SSSR count). The summed E-state index contributed by atoms with van der Waals surface area (Å²) in [5.74, 6) is 0.245. The largest absolute Gasteiger partial charge is 0.379 e. The van der Waals surface area contributed by atoms with Gasteiger partial charge in [0, 0.05) is 41.1 Å². The molecule has 0 bridgehead atoms. The van der Waals surface area contributed by atoms with E-state index in [1.54, 1.807) is 18.6 Å². The molecule has 0 spiro atoms. The summed E-state index contributed by atoms with van der Waals surface area (Å²) in [6, 6.07) is 11.9. The van der Waals surface area contributed by atoms with Gasteiger partial charge in [-0.2, -0.15) is 5.10 Å². The number of hydrogen-bond acceptors (Lipinski definition) is 5. The molecule has 7 nitrogen and oxygen atoms in total. The summed E-state index contributed by atoms with van der Waals surface area (Å²) < 4.78 is 0. The number of H-pyrrole nitrogens is 1. The Kier molecular flexibility index (Phi) is 4.40. The van der Waals surface area contributed by atoms with Crippen LogP contribution in [0, 0.1) is 5.92 Å². The number of nitrogens with one attached hydrogen (secondary N) is 3. The number of aromatic amines is 1. The highest BCUT2D eigenvalue weighted by Crippen LogP contribution is 2.31. The molecular weight excluding hydrogens is 364 g/mol. The maximum Gasteiger partial charge on any atom is 0.227 e. The molecule has 4 aromatic rings. The first-order chi connectivity index (χ1) is 14.3. The Bertz CT molecular complexity index is 1170. The van der Waals surface area contributed by atoms with Gasteiger partial charge in [-0.3, -0.25) is 19.9 Å². The van der Waals surface area contributed by atoms with Gasteiger partial charge in [0.05, 0.1) is 29.6 Å². The number of hydrogen-bond donors (Lipinski definition) is 3. The standard InChI is InChI=1S/C22H20N6O/c29-22(14-1-2-14)26-18-9-16(11-24-12-18)15-3-4-20-19(10-15)21(28-27-20)13-25-17-5-7-23-8-6-17/h3-12,14H,1-2,13H2,(H,23,25)(H,26,29)(H,27,28). The fourth-order valence-electron chi connectivity index (χ4n) is 3.29. The molecule has 3 aromatic heterocycles. The number of aromatic nitrogens is 4. The van der Waals surface area contributed by atoms with Crippen molar-refractivity contribution in [1.29, 1.82) is 0 Å². The van der Waals surface area contributed by atoms with Gasteiger partial charge in [-0.1, -0.05) is 6.07 Å². The first kappa shape index (κ1) is 17.4. The van der Waals surface area contributed by atoms with Crippen LogP contribution in [0.3, 0.4) is 0 Å². The minimum atomic E-state index is 0.0821. The molecule has 1 amide bonds. The summed E-state index contributed by atoms with van der Waals surface area (Å²) >= 11 is 0. The highest BCUT2D eigenvalue weighted by molar-refractivity contribution is 5.94. The van der Waals surface area contributed by atoms with E-state index in [4.69, 9.17) is 0 Å². The van der Waals surface area contributed by atoms with Crippen LogP contribution in [-0.4, -0.2) is 26.1 Å². The lowest BCUT2D eigenvalue weighted by molar-refractivity contribution is -0.117. The SMILES string of the molecule is O=C(Nc1cncc(-c2ccc3n[nH]c(CNc4ccncc4)c3c2)c1)C1CC1. The number of anilines is 2. The highest BCUT2D eigenvalue weighted by atomic mass is 16.2. The molecule has 0 aliphatic heterocycles. The van der Waals surface area contributed by atoms with Crippen molar-refractivity contribution < 1.29 is 4.79 Å². The van der Waals surface area contributed by atoms with Gasteiger partial charge in [0.25, 0.3) is 0 Å². The van der Waals surface area contributed by atoms with E-state index in [2.05, 4.69) is 36.9 Å². The van der Waals surface area contributed by atoms with Crippen molar-refractivity contribution in [3.63, 3.8) is 0 Å². The van der Waals surface area contributed by atoms with E-state index in [-0.39, 0.29) is 11.8 Å². The molecule has 1 aliphatic rings. The van der Waals surface area contributed by atoms with Gasteiger partial charge in [-0.15, -0.1) is 0 Å². The Morgan fingerprint density at radius 1 is 1.00 bits per heavy atom. The Hall–Kier alpha value is -3.74. The summed E-state index contributed by atoms with van der Waals surface area (Å²) in [5.41, 5.74) is 5.62. The van der Waals surface area contributed by atoms with Gasteiger partial charge in [0.1, 0.15) is 0 Å². The predicted octanol–water partition coefficient (Wildman–Crippen LogP) is 3.98. The minimum absolute atomic E-state index is 0.0821. The fraction of sp³-hybridized carbons (Fsp3) is 0.182. The molecule has 0 unspecified atom stereocenters. The van der Waals surface area contributed by atoms with Crippen LogP contribution < -0.4 is 10.6 Å². The second-order valence-electron chi connectivity index (χ2n) is 7.25. The third-order valence-electron chi connectivity index (χ3n) is 5.07. The normalized spacial score (nSPS) is 13.4. The number of carbonyl (C=O) groups is 1. The third-order valence-corrected chi connectivity index (χ3v) is 5.07. The zero-order valence-electron chi connectivity index (χ0n) is 15.7. The van der Waals surface area contributed by atoms with Crippen molar-refractivity contribution in [3.05, 3.63) is 66.9 Å². The second-order valence-corrected chi connectivity index (χ2v) is 7.25. The molecular formula is C22H20N6O. The number of rotatable bonds is 6. The van der Waals surface area contributed by atoms with Gasteiger partial charge < -0.3 is 10.6 Å². The Morgan fingerprint density at radius 2 is 1.86 bits per heavy atom. The monoisotopic (exact) mass is 384 g/mol. The highest BCUT2D eigenvalue weighted by Gasteiger charge is 2.29. The second kappa shape index (κ2) is 7.35. The van der Waals surface area contributed by atoms with Crippen LogP contribution in [0.25, 0.3) is 22.0 Å². The Morgan fingerprint density at radius 3 is 2.69 bits per heavy atom. The van der Waals surface area contributed by atoms with Crippen molar-refractivity contribution in [2.75, 3.05) is 10.6 Å².